The fourth-order valence-corrected chi connectivity index (χ4v) is 2.12. The Hall–Kier alpha value is -2.73. The van der Waals surface area contributed by atoms with Crippen LogP contribution in [0.2, 0.25) is 0 Å². The molecule has 0 aliphatic rings. The predicted octanol–water partition coefficient (Wildman–Crippen LogP) is 1.87. The Kier molecular flexibility index (Phi) is 5.82. The van der Waals surface area contributed by atoms with E-state index < -0.39 is 0 Å². The van der Waals surface area contributed by atoms with Gasteiger partial charge in [-0.25, -0.2) is 0 Å². The van der Waals surface area contributed by atoms with Gasteiger partial charge in [-0.2, -0.15) is 0 Å². The molecule has 118 valence electrons. The van der Waals surface area contributed by atoms with Crippen LogP contribution in [0.4, 0.5) is 0 Å². The van der Waals surface area contributed by atoms with E-state index in [1.165, 1.54) is 0 Å². The fourth-order valence-electron chi connectivity index (χ4n) is 1.97. The van der Waals surface area contributed by atoms with Gasteiger partial charge >= 0.3 is 0 Å². The first-order valence-corrected chi connectivity index (χ1v) is 7.46. The molecule has 0 aromatic heterocycles. The Labute approximate surface area is 140 Å². The van der Waals surface area contributed by atoms with Crippen molar-refractivity contribution in [2.75, 3.05) is 0 Å². The molecular formula is C17H17N3O2S. The third-order valence-electron chi connectivity index (χ3n) is 3.03. The number of carbonyl (C=O) groups is 2. The van der Waals surface area contributed by atoms with Crippen LogP contribution in [-0.2, 0) is 11.2 Å². The Morgan fingerprint density at radius 3 is 2.43 bits per heavy atom. The molecule has 0 atom stereocenters. The number of aryl methyl sites for hydroxylation is 1. The minimum atomic E-state index is -0.337. The summed E-state index contributed by atoms with van der Waals surface area (Å²) in [7, 11) is 0. The maximum absolute atomic E-state index is 11.9. The highest BCUT2D eigenvalue weighted by Crippen LogP contribution is 2.04. The molecule has 0 radical (unpaired) electrons. The SMILES string of the molecule is Cc1cccc(CC(=O)NNC(=S)NC(=O)c2ccccc2)c1. The molecule has 0 bridgehead atoms. The highest BCUT2D eigenvalue weighted by Gasteiger charge is 2.08. The van der Waals surface area contributed by atoms with Crippen LogP contribution in [0.25, 0.3) is 0 Å². The van der Waals surface area contributed by atoms with Gasteiger partial charge in [0.15, 0.2) is 5.11 Å². The molecule has 0 saturated carbocycles. The molecule has 0 heterocycles. The van der Waals surface area contributed by atoms with Crippen molar-refractivity contribution in [3.63, 3.8) is 0 Å². The van der Waals surface area contributed by atoms with Crippen LogP contribution < -0.4 is 16.2 Å². The molecule has 2 aromatic rings. The number of amides is 2. The van der Waals surface area contributed by atoms with Crippen molar-refractivity contribution in [2.24, 2.45) is 0 Å². The van der Waals surface area contributed by atoms with Crippen molar-refractivity contribution in [1.29, 1.82) is 0 Å². The van der Waals surface area contributed by atoms with Gasteiger partial charge in [-0.15, -0.1) is 0 Å². The lowest BCUT2D eigenvalue weighted by Crippen LogP contribution is -2.48. The lowest BCUT2D eigenvalue weighted by molar-refractivity contribution is -0.121. The maximum Gasteiger partial charge on any atom is 0.257 e. The summed E-state index contributed by atoms with van der Waals surface area (Å²) in [6.45, 7) is 1.97. The monoisotopic (exact) mass is 327 g/mol. The number of hydrogen-bond acceptors (Lipinski definition) is 3. The van der Waals surface area contributed by atoms with Crippen LogP contribution in [0.1, 0.15) is 21.5 Å². The van der Waals surface area contributed by atoms with Crippen LogP contribution in [0.5, 0.6) is 0 Å². The minimum absolute atomic E-state index is 0.0384. The molecule has 0 aliphatic heterocycles. The van der Waals surface area contributed by atoms with Gasteiger partial charge in [-0.1, -0.05) is 48.0 Å². The number of benzene rings is 2. The van der Waals surface area contributed by atoms with Crippen molar-refractivity contribution in [3.05, 3.63) is 71.3 Å². The highest BCUT2D eigenvalue weighted by molar-refractivity contribution is 7.80. The van der Waals surface area contributed by atoms with Crippen molar-refractivity contribution in [2.45, 2.75) is 13.3 Å². The fraction of sp³-hybridized carbons (Fsp3) is 0.118. The van der Waals surface area contributed by atoms with Gasteiger partial charge < -0.3 is 0 Å². The second-order valence-electron chi connectivity index (χ2n) is 4.99. The van der Waals surface area contributed by atoms with E-state index in [2.05, 4.69) is 16.2 Å². The number of carbonyl (C=O) groups excluding carboxylic acids is 2. The lowest BCUT2D eigenvalue weighted by Gasteiger charge is -2.11. The number of rotatable bonds is 3. The molecular weight excluding hydrogens is 310 g/mol. The molecule has 3 N–H and O–H groups in total. The Bertz CT molecular complexity index is 717. The molecule has 5 nitrogen and oxygen atoms in total. The van der Waals surface area contributed by atoms with E-state index >= 15 is 0 Å². The summed E-state index contributed by atoms with van der Waals surface area (Å²) in [5.74, 6) is -0.581. The van der Waals surface area contributed by atoms with Crippen molar-refractivity contribution >= 4 is 29.1 Å². The topological polar surface area (TPSA) is 70.2 Å². The van der Waals surface area contributed by atoms with Gasteiger partial charge in [0.1, 0.15) is 0 Å². The number of hydrogen-bond donors (Lipinski definition) is 3. The highest BCUT2D eigenvalue weighted by atomic mass is 32.1. The summed E-state index contributed by atoms with van der Waals surface area (Å²) in [4.78, 5) is 23.7. The van der Waals surface area contributed by atoms with E-state index in [1.807, 2.05) is 37.3 Å². The summed E-state index contributed by atoms with van der Waals surface area (Å²) in [5.41, 5.74) is 7.47. The van der Waals surface area contributed by atoms with E-state index in [0.717, 1.165) is 11.1 Å². The summed E-state index contributed by atoms with van der Waals surface area (Å²) in [6, 6.07) is 16.4. The van der Waals surface area contributed by atoms with Crippen LogP contribution in [-0.4, -0.2) is 16.9 Å². The van der Waals surface area contributed by atoms with E-state index in [0.29, 0.717) is 5.56 Å². The van der Waals surface area contributed by atoms with Crippen LogP contribution in [0.15, 0.2) is 54.6 Å². The van der Waals surface area contributed by atoms with Crippen molar-refractivity contribution in [3.8, 4) is 0 Å². The van der Waals surface area contributed by atoms with Gasteiger partial charge in [0.25, 0.3) is 5.91 Å². The number of nitrogens with one attached hydrogen (secondary N) is 3. The minimum Gasteiger partial charge on any atom is -0.298 e. The Morgan fingerprint density at radius 1 is 1.00 bits per heavy atom. The van der Waals surface area contributed by atoms with E-state index in [9.17, 15) is 9.59 Å². The molecule has 2 aromatic carbocycles. The van der Waals surface area contributed by atoms with Gasteiger partial charge in [-0.05, 0) is 36.8 Å². The summed E-state index contributed by atoms with van der Waals surface area (Å²) in [6.07, 6.45) is 0.226. The predicted molar refractivity (Wildman–Crippen MR) is 92.7 cm³/mol. The quantitative estimate of drug-likeness (QED) is 0.595. The molecule has 2 amide bonds. The average Bonchev–Trinajstić information content (AvgIpc) is 2.54. The van der Waals surface area contributed by atoms with Crippen molar-refractivity contribution in [1.82, 2.24) is 16.2 Å². The summed E-state index contributed by atoms with van der Waals surface area (Å²) < 4.78 is 0. The van der Waals surface area contributed by atoms with E-state index in [-0.39, 0.29) is 23.3 Å². The standard InChI is InChI=1S/C17H17N3O2S/c1-12-6-5-7-13(10-12)11-15(21)19-20-17(23)18-16(22)14-8-3-2-4-9-14/h2-10H,11H2,1H3,(H,19,21)(H2,18,20,22,23). The Balaban J connectivity index is 1.78. The second kappa shape index (κ2) is 8.05. The largest absolute Gasteiger partial charge is 0.298 e. The summed E-state index contributed by atoms with van der Waals surface area (Å²) >= 11 is 4.98. The van der Waals surface area contributed by atoms with Crippen molar-refractivity contribution < 1.29 is 9.59 Å². The van der Waals surface area contributed by atoms with Gasteiger partial charge in [0, 0.05) is 5.56 Å². The molecule has 0 unspecified atom stereocenters. The molecule has 0 fully saturated rings. The normalized spacial score (nSPS) is 9.78. The molecule has 6 heteroatoms. The van der Waals surface area contributed by atoms with Crippen LogP contribution >= 0.6 is 12.2 Å². The average molecular weight is 327 g/mol. The van der Waals surface area contributed by atoms with Gasteiger partial charge in [0.2, 0.25) is 5.91 Å². The third kappa shape index (κ3) is 5.52. The molecule has 2 rings (SSSR count). The van der Waals surface area contributed by atoms with Gasteiger partial charge in [0.05, 0.1) is 6.42 Å². The molecule has 0 aliphatic carbocycles. The molecule has 0 spiro atoms. The van der Waals surface area contributed by atoms with E-state index in [4.69, 9.17) is 12.2 Å². The second-order valence-corrected chi connectivity index (χ2v) is 5.40. The first-order valence-electron chi connectivity index (χ1n) is 7.05. The third-order valence-corrected chi connectivity index (χ3v) is 3.23. The first kappa shape index (κ1) is 16.6. The summed E-state index contributed by atoms with van der Waals surface area (Å²) in [5, 5.41) is 2.53. The zero-order valence-corrected chi connectivity index (χ0v) is 13.4. The van der Waals surface area contributed by atoms with Gasteiger partial charge in [-0.3, -0.25) is 25.8 Å². The van der Waals surface area contributed by atoms with Crippen LogP contribution in [0.3, 0.4) is 0 Å². The van der Waals surface area contributed by atoms with Crippen LogP contribution in [0, 0.1) is 6.92 Å². The van der Waals surface area contributed by atoms with E-state index in [1.54, 1.807) is 24.3 Å². The molecule has 0 saturated heterocycles. The smallest absolute Gasteiger partial charge is 0.257 e. The molecule has 23 heavy (non-hydrogen) atoms. The first-order chi connectivity index (χ1) is 11.0. The Morgan fingerprint density at radius 2 is 1.74 bits per heavy atom. The number of thiocarbonyl (C=S) groups is 1. The number of hydrazine groups is 1. The lowest BCUT2D eigenvalue weighted by atomic mass is 10.1. The zero-order chi connectivity index (χ0) is 16.7. The zero-order valence-electron chi connectivity index (χ0n) is 12.6. The maximum atomic E-state index is 11.9.